The van der Waals surface area contributed by atoms with Crippen LogP contribution in [0, 0.1) is 0 Å². The Morgan fingerprint density at radius 3 is 2.63 bits per heavy atom. The third-order valence-electron chi connectivity index (χ3n) is 4.21. The maximum Gasteiger partial charge on any atom is 0.258 e. The number of ether oxygens (including phenoxy) is 1. The van der Waals surface area contributed by atoms with Gasteiger partial charge in [-0.2, -0.15) is 0 Å². The van der Waals surface area contributed by atoms with Crippen LogP contribution in [0.3, 0.4) is 0 Å². The topological polar surface area (TPSA) is 56.1 Å². The number of hydrogen-bond donors (Lipinski definition) is 1. The Morgan fingerprint density at radius 1 is 1.22 bits per heavy atom. The van der Waals surface area contributed by atoms with Crippen molar-refractivity contribution >= 4 is 21.8 Å². The van der Waals surface area contributed by atoms with Crippen LogP contribution in [-0.2, 0) is 11.3 Å². The Kier molecular flexibility index (Phi) is 6.29. The molecule has 3 rings (SSSR count). The van der Waals surface area contributed by atoms with Crippen LogP contribution in [0.1, 0.15) is 30.9 Å². The van der Waals surface area contributed by atoms with Crippen molar-refractivity contribution in [3.8, 4) is 11.4 Å². The van der Waals surface area contributed by atoms with Gasteiger partial charge in [0.15, 0.2) is 6.61 Å². The first-order valence-electron chi connectivity index (χ1n) is 8.79. The first-order valence-corrected chi connectivity index (χ1v) is 9.58. The van der Waals surface area contributed by atoms with Crippen molar-refractivity contribution in [2.45, 2.75) is 26.3 Å². The molecule has 0 saturated carbocycles. The average Bonchev–Trinajstić information content (AvgIpc) is 3.20. The van der Waals surface area contributed by atoms with E-state index >= 15 is 0 Å². The molecular formula is C21H22BrN3O2. The third-order valence-corrected chi connectivity index (χ3v) is 4.83. The molecule has 1 aromatic heterocycles. The second-order valence-corrected chi connectivity index (χ2v) is 7.40. The summed E-state index contributed by atoms with van der Waals surface area (Å²) in [5.74, 6) is 0.951. The van der Waals surface area contributed by atoms with Gasteiger partial charge in [-0.15, -0.1) is 0 Å². The molecule has 6 heteroatoms. The van der Waals surface area contributed by atoms with Crippen molar-refractivity contribution < 1.29 is 9.53 Å². The van der Waals surface area contributed by atoms with Gasteiger partial charge in [0.1, 0.15) is 5.75 Å². The summed E-state index contributed by atoms with van der Waals surface area (Å²) in [4.78, 5) is 16.1. The van der Waals surface area contributed by atoms with Crippen molar-refractivity contribution in [2.24, 2.45) is 0 Å². The highest BCUT2D eigenvalue weighted by Crippen LogP contribution is 2.28. The van der Waals surface area contributed by atoms with Gasteiger partial charge >= 0.3 is 0 Å². The standard InChI is InChI=1S/C21H22BrN3O2/c1-15(2)17-5-8-20(19(22)11-17)27-13-21(26)24-12-16-3-6-18(7-4-16)25-10-9-23-14-25/h3-11,14-15H,12-13H2,1-2H3,(H,24,26). The number of halogens is 1. The van der Waals surface area contributed by atoms with Gasteiger partial charge < -0.3 is 14.6 Å². The maximum absolute atomic E-state index is 12.1. The van der Waals surface area contributed by atoms with Gasteiger partial charge in [0.2, 0.25) is 0 Å². The summed E-state index contributed by atoms with van der Waals surface area (Å²) < 4.78 is 8.41. The summed E-state index contributed by atoms with van der Waals surface area (Å²) in [7, 11) is 0. The highest BCUT2D eigenvalue weighted by molar-refractivity contribution is 9.10. The van der Waals surface area contributed by atoms with Crippen LogP contribution >= 0.6 is 15.9 Å². The van der Waals surface area contributed by atoms with Crippen molar-refractivity contribution in [2.75, 3.05) is 6.61 Å². The zero-order valence-corrected chi connectivity index (χ0v) is 16.9. The molecule has 0 unspecified atom stereocenters. The van der Waals surface area contributed by atoms with E-state index in [0.29, 0.717) is 18.2 Å². The van der Waals surface area contributed by atoms with Gasteiger partial charge in [0, 0.05) is 24.6 Å². The molecule has 1 N–H and O–H groups in total. The molecule has 1 heterocycles. The fourth-order valence-corrected chi connectivity index (χ4v) is 3.10. The summed E-state index contributed by atoms with van der Waals surface area (Å²) in [5.41, 5.74) is 3.27. The number of hydrogen-bond acceptors (Lipinski definition) is 3. The summed E-state index contributed by atoms with van der Waals surface area (Å²) in [6.45, 7) is 4.71. The minimum absolute atomic E-state index is 0.0211. The highest BCUT2D eigenvalue weighted by atomic mass is 79.9. The number of carbonyl (C=O) groups is 1. The number of nitrogens with one attached hydrogen (secondary N) is 1. The number of amides is 1. The van der Waals surface area contributed by atoms with Gasteiger partial charge in [-0.1, -0.05) is 32.0 Å². The monoisotopic (exact) mass is 427 g/mol. The quantitative estimate of drug-likeness (QED) is 0.605. The molecule has 140 valence electrons. The van der Waals surface area contributed by atoms with Gasteiger partial charge in [-0.25, -0.2) is 4.98 Å². The summed E-state index contributed by atoms with van der Waals surface area (Å²) >= 11 is 3.50. The Hall–Kier alpha value is -2.60. The van der Waals surface area contributed by atoms with E-state index < -0.39 is 0 Å². The molecule has 0 aliphatic carbocycles. The van der Waals surface area contributed by atoms with Gasteiger partial charge in [-0.05, 0) is 57.2 Å². The number of rotatable bonds is 7. The zero-order valence-electron chi connectivity index (χ0n) is 15.4. The first kappa shape index (κ1) is 19.2. The number of nitrogens with zero attached hydrogens (tertiary/aromatic N) is 2. The fourth-order valence-electron chi connectivity index (χ4n) is 2.59. The first-order chi connectivity index (χ1) is 13.0. The summed E-state index contributed by atoms with van der Waals surface area (Å²) in [6.07, 6.45) is 5.38. The fraction of sp³-hybridized carbons (Fsp3) is 0.238. The van der Waals surface area contributed by atoms with Gasteiger partial charge in [0.05, 0.1) is 10.8 Å². The second kappa shape index (κ2) is 8.86. The van der Waals surface area contributed by atoms with E-state index in [4.69, 9.17) is 4.74 Å². The van der Waals surface area contributed by atoms with E-state index in [0.717, 1.165) is 15.7 Å². The van der Waals surface area contributed by atoms with Crippen molar-refractivity contribution in [1.29, 1.82) is 0 Å². The molecule has 1 amide bonds. The van der Waals surface area contributed by atoms with Crippen LogP contribution in [0.25, 0.3) is 5.69 Å². The highest BCUT2D eigenvalue weighted by Gasteiger charge is 2.08. The van der Waals surface area contributed by atoms with E-state index in [1.165, 1.54) is 5.56 Å². The minimum Gasteiger partial charge on any atom is -0.483 e. The molecule has 5 nitrogen and oxygen atoms in total. The van der Waals surface area contributed by atoms with Crippen LogP contribution in [0.15, 0.2) is 65.7 Å². The molecular weight excluding hydrogens is 406 g/mol. The lowest BCUT2D eigenvalue weighted by atomic mass is 10.0. The van der Waals surface area contributed by atoms with Gasteiger partial charge in [-0.3, -0.25) is 4.79 Å². The van der Waals surface area contributed by atoms with Crippen LogP contribution in [-0.4, -0.2) is 22.1 Å². The van der Waals surface area contributed by atoms with E-state index in [1.807, 2.05) is 53.2 Å². The molecule has 0 saturated heterocycles. The normalized spacial score (nSPS) is 10.8. The van der Waals surface area contributed by atoms with Crippen LogP contribution < -0.4 is 10.1 Å². The van der Waals surface area contributed by atoms with E-state index in [1.54, 1.807) is 12.5 Å². The van der Waals surface area contributed by atoms with Crippen molar-refractivity contribution in [3.63, 3.8) is 0 Å². The minimum atomic E-state index is -0.159. The predicted molar refractivity (Wildman–Crippen MR) is 109 cm³/mol. The molecule has 0 fully saturated rings. The largest absolute Gasteiger partial charge is 0.483 e. The lowest BCUT2D eigenvalue weighted by Crippen LogP contribution is -2.28. The van der Waals surface area contributed by atoms with Crippen molar-refractivity contribution in [1.82, 2.24) is 14.9 Å². The summed E-state index contributed by atoms with van der Waals surface area (Å²) in [5, 5.41) is 2.87. The molecule has 0 spiro atoms. The van der Waals surface area contributed by atoms with Gasteiger partial charge in [0.25, 0.3) is 5.91 Å². The Bertz CT molecular complexity index is 890. The lowest BCUT2D eigenvalue weighted by molar-refractivity contribution is -0.123. The van der Waals surface area contributed by atoms with E-state index in [9.17, 15) is 4.79 Å². The zero-order chi connectivity index (χ0) is 19.2. The van der Waals surface area contributed by atoms with E-state index in [-0.39, 0.29) is 12.5 Å². The predicted octanol–water partition coefficient (Wildman–Crippen LogP) is 4.45. The lowest BCUT2D eigenvalue weighted by Gasteiger charge is -2.12. The molecule has 0 aliphatic heterocycles. The Labute approximate surface area is 167 Å². The van der Waals surface area contributed by atoms with Crippen molar-refractivity contribution in [3.05, 3.63) is 76.8 Å². The number of aromatic nitrogens is 2. The Balaban J connectivity index is 1.48. The third kappa shape index (κ3) is 5.20. The average molecular weight is 428 g/mol. The molecule has 0 radical (unpaired) electrons. The number of imidazole rings is 1. The van der Waals surface area contributed by atoms with Crippen LogP contribution in [0.4, 0.5) is 0 Å². The number of carbonyl (C=O) groups excluding carboxylic acids is 1. The van der Waals surface area contributed by atoms with Crippen LogP contribution in [0.2, 0.25) is 0 Å². The second-order valence-electron chi connectivity index (χ2n) is 6.55. The molecule has 0 aliphatic rings. The van der Waals surface area contributed by atoms with Crippen LogP contribution in [0.5, 0.6) is 5.75 Å². The number of benzene rings is 2. The molecule has 0 bridgehead atoms. The van der Waals surface area contributed by atoms with E-state index in [2.05, 4.69) is 40.1 Å². The molecule has 2 aromatic carbocycles. The summed E-state index contributed by atoms with van der Waals surface area (Å²) in [6, 6.07) is 13.9. The Morgan fingerprint density at radius 2 is 2.00 bits per heavy atom. The smallest absolute Gasteiger partial charge is 0.258 e. The molecule has 27 heavy (non-hydrogen) atoms. The maximum atomic E-state index is 12.1. The molecule has 0 atom stereocenters. The SMILES string of the molecule is CC(C)c1ccc(OCC(=O)NCc2ccc(-n3ccnc3)cc2)c(Br)c1. The molecule has 3 aromatic rings.